The van der Waals surface area contributed by atoms with Crippen LogP contribution in [0.4, 0.5) is 10.8 Å². The lowest BCUT2D eigenvalue weighted by Gasteiger charge is -2.03. The fourth-order valence-corrected chi connectivity index (χ4v) is 4.05. The van der Waals surface area contributed by atoms with Crippen molar-refractivity contribution in [3.05, 3.63) is 63.6 Å². The van der Waals surface area contributed by atoms with Crippen molar-refractivity contribution in [3.8, 4) is 0 Å². The summed E-state index contributed by atoms with van der Waals surface area (Å²) >= 11 is 11.6. The van der Waals surface area contributed by atoms with E-state index in [9.17, 15) is 9.59 Å². The van der Waals surface area contributed by atoms with Crippen LogP contribution >= 0.6 is 50.6 Å². The van der Waals surface area contributed by atoms with Gasteiger partial charge in [0.1, 0.15) is 0 Å². The minimum atomic E-state index is -0.274. The van der Waals surface area contributed by atoms with Crippen LogP contribution in [-0.2, 0) is 4.79 Å². The van der Waals surface area contributed by atoms with Crippen LogP contribution in [0, 0.1) is 0 Å². The minimum absolute atomic E-state index is 0.169. The number of hydrogen-bond donors (Lipinski definition) is 2. The summed E-state index contributed by atoms with van der Waals surface area (Å²) in [5.41, 5.74) is 1.18. The summed E-state index contributed by atoms with van der Waals surface area (Å²) in [6, 6.07) is 13.9. The van der Waals surface area contributed by atoms with Gasteiger partial charge in [-0.25, -0.2) is 0 Å². The number of anilines is 2. The summed E-state index contributed by atoms with van der Waals surface area (Å²) in [5.74, 6) is -0.265. The molecule has 27 heavy (non-hydrogen) atoms. The highest BCUT2D eigenvalue weighted by Crippen LogP contribution is 2.26. The number of halogens is 2. The van der Waals surface area contributed by atoms with Gasteiger partial charge in [0.05, 0.1) is 5.75 Å². The molecule has 10 heteroatoms. The quantitative estimate of drug-likeness (QED) is 0.383. The highest BCUT2D eigenvalue weighted by atomic mass is 79.9. The third kappa shape index (κ3) is 6.03. The predicted molar refractivity (Wildman–Crippen MR) is 113 cm³/mol. The number of aromatic nitrogens is 2. The molecule has 0 radical (unpaired) electrons. The van der Waals surface area contributed by atoms with Crippen molar-refractivity contribution in [1.82, 2.24) is 10.2 Å². The SMILES string of the molecule is O=C(CSc1nnc(NC(=O)c2cccc(Br)c2)s1)Nc1ccc(Cl)cc1. The second-order valence-corrected chi connectivity index (χ2v) is 8.73. The molecule has 3 aromatic rings. The van der Waals surface area contributed by atoms with Crippen LogP contribution in [-0.4, -0.2) is 27.8 Å². The highest BCUT2D eigenvalue weighted by molar-refractivity contribution is 9.10. The molecule has 6 nitrogen and oxygen atoms in total. The van der Waals surface area contributed by atoms with Gasteiger partial charge < -0.3 is 5.32 Å². The summed E-state index contributed by atoms with van der Waals surface area (Å²) in [5, 5.41) is 14.4. The van der Waals surface area contributed by atoms with Gasteiger partial charge in [0, 0.05) is 20.7 Å². The van der Waals surface area contributed by atoms with Crippen LogP contribution in [0.15, 0.2) is 57.3 Å². The van der Waals surface area contributed by atoms with E-state index in [1.807, 2.05) is 6.07 Å². The number of hydrogen-bond acceptors (Lipinski definition) is 6. The van der Waals surface area contributed by atoms with E-state index in [0.29, 0.717) is 25.7 Å². The Balaban J connectivity index is 1.51. The van der Waals surface area contributed by atoms with E-state index >= 15 is 0 Å². The Morgan fingerprint density at radius 3 is 2.63 bits per heavy atom. The Bertz CT molecular complexity index is 966. The molecule has 2 amide bonds. The number of thioether (sulfide) groups is 1. The molecule has 0 spiro atoms. The van der Waals surface area contributed by atoms with Crippen LogP contribution < -0.4 is 10.6 Å². The lowest BCUT2D eigenvalue weighted by Crippen LogP contribution is -2.13. The Labute approximate surface area is 176 Å². The predicted octanol–water partition coefficient (Wildman–Crippen LogP) is 4.94. The summed E-state index contributed by atoms with van der Waals surface area (Å²) in [4.78, 5) is 24.2. The molecule has 0 atom stereocenters. The molecular weight excluding hydrogens is 472 g/mol. The molecule has 0 aliphatic heterocycles. The van der Waals surface area contributed by atoms with E-state index in [1.54, 1.807) is 42.5 Å². The Kier molecular flexibility index (Phi) is 6.84. The van der Waals surface area contributed by atoms with E-state index in [4.69, 9.17) is 11.6 Å². The van der Waals surface area contributed by atoms with Gasteiger partial charge in [-0.1, -0.05) is 56.7 Å². The zero-order chi connectivity index (χ0) is 19.2. The number of nitrogens with zero attached hydrogens (tertiary/aromatic N) is 2. The number of amides is 2. The van der Waals surface area contributed by atoms with Crippen LogP contribution in [0.2, 0.25) is 5.02 Å². The molecule has 1 aromatic heterocycles. The maximum Gasteiger partial charge on any atom is 0.257 e. The van der Waals surface area contributed by atoms with Gasteiger partial charge in [-0.05, 0) is 42.5 Å². The van der Waals surface area contributed by atoms with E-state index in [1.165, 1.54) is 23.1 Å². The van der Waals surface area contributed by atoms with Gasteiger partial charge in [-0.3, -0.25) is 14.9 Å². The molecule has 138 valence electrons. The molecule has 3 rings (SSSR count). The lowest BCUT2D eigenvalue weighted by molar-refractivity contribution is -0.113. The molecule has 0 saturated carbocycles. The standard InChI is InChI=1S/C17H12BrClN4O2S2/c18-11-3-1-2-10(8-11)15(25)21-16-22-23-17(27-16)26-9-14(24)20-13-6-4-12(19)5-7-13/h1-8H,9H2,(H,20,24)(H,21,22,25). The fraction of sp³-hybridized carbons (Fsp3) is 0.0588. The normalized spacial score (nSPS) is 10.4. The number of benzene rings is 2. The van der Waals surface area contributed by atoms with Crippen molar-refractivity contribution in [3.63, 3.8) is 0 Å². The molecule has 0 bridgehead atoms. The van der Waals surface area contributed by atoms with Gasteiger partial charge in [0.2, 0.25) is 11.0 Å². The Hall–Kier alpha value is -1.94. The second kappa shape index (κ2) is 9.32. The largest absolute Gasteiger partial charge is 0.325 e. The van der Waals surface area contributed by atoms with E-state index < -0.39 is 0 Å². The molecule has 0 saturated heterocycles. The monoisotopic (exact) mass is 482 g/mol. The summed E-state index contributed by atoms with van der Waals surface area (Å²) in [6.45, 7) is 0. The van der Waals surface area contributed by atoms with Crippen molar-refractivity contribution in [2.45, 2.75) is 4.34 Å². The summed E-state index contributed by atoms with van der Waals surface area (Å²) in [7, 11) is 0. The van der Waals surface area contributed by atoms with Crippen molar-refractivity contribution in [1.29, 1.82) is 0 Å². The van der Waals surface area contributed by atoms with Gasteiger partial charge >= 0.3 is 0 Å². The van der Waals surface area contributed by atoms with Crippen molar-refractivity contribution in [2.24, 2.45) is 0 Å². The molecular formula is C17H12BrClN4O2S2. The smallest absolute Gasteiger partial charge is 0.257 e. The van der Waals surface area contributed by atoms with Gasteiger partial charge in [0.25, 0.3) is 5.91 Å². The van der Waals surface area contributed by atoms with Gasteiger partial charge in [-0.2, -0.15) is 0 Å². The maximum absolute atomic E-state index is 12.2. The van der Waals surface area contributed by atoms with E-state index in [-0.39, 0.29) is 17.6 Å². The van der Waals surface area contributed by atoms with E-state index in [2.05, 4.69) is 36.8 Å². The number of carbonyl (C=O) groups is 2. The van der Waals surface area contributed by atoms with Crippen LogP contribution in [0.5, 0.6) is 0 Å². The first-order chi connectivity index (χ1) is 13.0. The number of rotatable bonds is 6. The van der Waals surface area contributed by atoms with Crippen molar-refractivity contribution in [2.75, 3.05) is 16.4 Å². The van der Waals surface area contributed by atoms with Crippen molar-refractivity contribution < 1.29 is 9.59 Å². The number of nitrogens with one attached hydrogen (secondary N) is 2. The van der Waals surface area contributed by atoms with Gasteiger partial charge in [0.15, 0.2) is 4.34 Å². The molecule has 0 aliphatic carbocycles. The van der Waals surface area contributed by atoms with Crippen molar-refractivity contribution >= 4 is 73.3 Å². The first-order valence-electron chi connectivity index (χ1n) is 7.58. The maximum atomic E-state index is 12.2. The molecule has 0 unspecified atom stereocenters. The average molecular weight is 484 g/mol. The zero-order valence-corrected chi connectivity index (χ0v) is 17.6. The first kappa shape index (κ1) is 19.8. The molecule has 1 heterocycles. The third-order valence-corrected chi connectivity index (χ3v) is 5.89. The highest BCUT2D eigenvalue weighted by Gasteiger charge is 2.12. The Morgan fingerprint density at radius 1 is 1.11 bits per heavy atom. The summed E-state index contributed by atoms with van der Waals surface area (Å²) in [6.07, 6.45) is 0. The van der Waals surface area contributed by atoms with Crippen LogP contribution in [0.3, 0.4) is 0 Å². The average Bonchev–Trinajstić information content (AvgIpc) is 3.09. The third-order valence-electron chi connectivity index (χ3n) is 3.17. The Morgan fingerprint density at radius 2 is 1.89 bits per heavy atom. The fourth-order valence-electron chi connectivity index (χ4n) is 1.98. The molecule has 0 aliphatic rings. The first-order valence-corrected chi connectivity index (χ1v) is 10.6. The molecule has 2 aromatic carbocycles. The summed E-state index contributed by atoms with van der Waals surface area (Å²) < 4.78 is 1.40. The number of carbonyl (C=O) groups excluding carboxylic acids is 2. The topological polar surface area (TPSA) is 84.0 Å². The minimum Gasteiger partial charge on any atom is -0.325 e. The zero-order valence-electron chi connectivity index (χ0n) is 13.6. The van der Waals surface area contributed by atoms with Gasteiger partial charge in [-0.15, -0.1) is 10.2 Å². The second-order valence-electron chi connectivity index (χ2n) is 5.18. The lowest BCUT2D eigenvalue weighted by atomic mass is 10.2. The molecule has 2 N–H and O–H groups in total. The van der Waals surface area contributed by atoms with E-state index in [0.717, 1.165) is 4.47 Å². The molecule has 0 fully saturated rings. The van der Waals surface area contributed by atoms with Crippen LogP contribution in [0.25, 0.3) is 0 Å². The van der Waals surface area contributed by atoms with Crippen LogP contribution in [0.1, 0.15) is 10.4 Å².